The second kappa shape index (κ2) is 4.39. The summed E-state index contributed by atoms with van der Waals surface area (Å²) in [6.07, 6.45) is 0. The molecule has 0 aromatic carbocycles. The van der Waals surface area contributed by atoms with Crippen LogP contribution in [0.1, 0.15) is 12.6 Å². The van der Waals surface area contributed by atoms with Crippen molar-refractivity contribution in [2.45, 2.75) is 13.5 Å². The topological polar surface area (TPSA) is 38.1 Å². The monoisotopic (exact) mass is 208 g/mol. The van der Waals surface area contributed by atoms with Crippen LogP contribution in [0.15, 0.2) is 28.1 Å². The van der Waals surface area contributed by atoms with Gasteiger partial charge >= 0.3 is 0 Å². The highest BCUT2D eigenvalue weighted by Crippen LogP contribution is 2.24. The molecule has 0 radical (unpaired) electrons. The second-order valence-electron chi connectivity index (χ2n) is 2.94. The van der Waals surface area contributed by atoms with Gasteiger partial charge in [-0.3, -0.25) is 0 Å². The fraction of sp³-hybridized carbons (Fsp3) is 0.300. The number of rotatable bonds is 4. The Labute approximate surface area is 86.7 Å². The lowest BCUT2D eigenvalue weighted by Gasteiger charge is -1.92. The van der Waals surface area contributed by atoms with Crippen LogP contribution in [0, 0.1) is 0 Å². The number of hydrogen-bond acceptors (Lipinski definition) is 4. The zero-order valence-electron chi connectivity index (χ0n) is 7.99. The van der Waals surface area contributed by atoms with Crippen molar-refractivity contribution in [2.24, 2.45) is 0 Å². The van der Waals surface area contributed by atoms with Crippen LogP contribution in [0.5, 0.6) is 0 Å². The molecular weight excluding hydrogens is 196 g/mol. The zero-order chi connectivity index (χ0) is 9.80. The van der Waals surface area contributed by atoms with E-state index in [2.05, 4.69) is 17.4 Å². The molecule has 0 fully saturated rings. The van der Waals surface area contributed by atoms with Crippen molar-refractivity contribution in [2.75, 3.05) is 6.54 Å². The summed E-state index contributed by atoms with van der Waals surface area (Å²) >= 11 is 1.66. The number of nitrogens with zero attached hydrogens (tertiary/aromatic N) is 1. The SMILES string of the molecule is CCNCc1cc(-c2cccs2)on1. The first-order chi connectivity index (χ1) is 6.90. The van der Waals surface area contributed by atoms with Gasteiger partial charge in [-0.15, -0.1) is 11.3 Å². The van der Waals surface area contributed by atoms with Crippen molar-refractivity contribution in [3.8, 4) is 10.6 Å². The first-order valence-corrected chi connectivity index (χ1v) is 5.48. The Kier molecular flexibility index (Phi) is 2.96. The highest BCUT2D eigenvalue weighted by Gasteiger charge is 2.06. The Morgan fingerprint density at radius 1 is 1.57 bits per heavy atom. The van der Waals surface area contributed by atoms with Crippen LogP contribution < -0.4 is 5.32 Å². The molecule has 2 aromatic rings. The maximum atomic E-state index is 5.23. The summed E-state index contributed by atoms with van der Waals surface area (Å²) in [7, 11) is 0. The molecule has 2 aromatic heterocycles. The van der Waals surface area contributed by atoms with Crippen LogP contribution in [-0.2, 0) is 6.54 Å². The molecule has 0 bridgehead atoms. The quantitative estimate of drug-likeness (QED) is 0.839. The molecule has 0 aliphatic rings. The molecule has 2 rings (SSSR count). The molecule has 4 heteroatoms. The van der Waals surface area contributed by atoms with E-state index >= 15 is 0 Å². The van der Waals surface area contributed by atoms with Crippen LogP contribution in [0.4, 0.5) is 0 Å². The van der Waals surface area contributed by atoms with Gasteiger partial charge in [-0.05, 0) is 18.0 Å². The Morgan fingerprint density at radius 3 is 3.21 bits per heavy atom. The van der Waals surface area contributed by atoms with Gasteiger partial charge in [-0.25, -0.2) is 0 Å². The van der Waals surface area contributed by atoms with E-state index in [9.17, 15) is 0 Å². The van der Waals surface area contributed by atoms with Gasteiger partial charge in [-0.2, -0.15) is 0 Å². The molecule has 2 heterocycles. The van der Waals surface area contributed by atoms with Gasteiger partial charge in [0.25, 0.3) is 0 Å². The third-order valence-electron chi connectivity index (χ3n) is 1.88. The normalized spacial score (nSPS) is 10.6. The van der Waals surface area contributed by atoms with Crippen molar-refractivity contribution in [3.05, 3.63) is 29.3 Å². The van der Waals surface area contributed by atoms with Gasteiger partial charge in [0.15, 0.2) is 5.76 Å². The van der Waals surface area contributed by atoms with Crippen LogP contribution in [0.2, 0.25) is 0 Å². The fourth-order valence-electron chi connectivity index (χ4n) is 1.18. The maximum absolute atomic E-state index is 5.23. The Hall–Kier alpha value is -1.13. The molecule has 0 spiro atoms. The summed E-state index contributed by atoms with van der Waals surface area (Å²) < 4.78 is 5.23. The Bertz CT molecular complexity index is 380. The fourth-order valence-corrected chi connectivity index (χ4v) is 1.86. The molecule has 0 saturated carbocycles. The van der Waals surface area contributed by atoms with E-state index in [4.69, 9.17) is 4.52 Å². The van der Waals surface area contributed by atoms with Gasteiger partial charge in [0.05, 0.1) is 10.6 Å². The smallest absolute Gasteiger partial charge is 0.177 e. The van der Waals surface area contributed by atoms with E-state index < -0.39 is 0 Å². The Morgan fingerprint density at radius 2 is 2.50 bits per heavy atom. The summed E-state index contributed by atoms with van der Waals surface area (Å²) in [5.41, 5.74) is 0.954. The molecule has 0 saturated heterocycles. The molecule has 0 atom stereocenters. The molecule has 74 valence electrons. The Balaban J connectivity index is 2.10. The lowest BCUT2D eigenvalue weighted by Crippen LogP contribution is -2.11. The van der Waals surface area contributed by atoms with E-state index in [0.717, 1.165) is 29.4 Å². The highest BCUT2D eigenvalue weighted by molar-refractivity contribution is 7.13. The second-order valence-corrected chi connectivity index (χ2v) is 3.89. The van der Waals surface area contributed by atoms with Crippen molar-refractivity contribution in [1.82, 2.24) is 10.5 Å². The van der Waals surface area contributed by atoms with Crippen LogP contribution in [0.3, 0.4) is 0 Å². The van der Waals surface area contributed by atoms with Gasteiger partial charge in [0.2, 0.25) is 0 Å². The van der Waals surface area contributed by atoms with Gasteiger partial charge in [-0.1, -0.05) is 18.1 Å². The molecule has 14 heavy (non-hydrogen) atoms. The van der Waals surface area contributed by atoms with Gasteiger partial charge in [0.1, 0.15) is 0 Å². The predicted molar refractivity (Wildman–Crippen MR) is 57.2 cm³/mol. The number of hydrogen-bond donors (Lipinski definition) is 1. The molecule has 0 aliphatic heterocycles. The largest absolute Gasteiger partial charge is 0.355 e. The first-order valence-electron chi connectivity index (χ1n) is 4.60. The van der Waals surface area contributed by atoms with E-state index in [-0.39, 0.29) is 0 Å². The average Bonchev–Trinajstić information content (AvgIpc) is 2.85. The summed E-state index contributed by atoms with van der Waals surface area (Å²) in [6, 6.07) is 6.02. The number of aromatic nitrogens is 1. The van der Waals surface area contributed by atoms with Crippen LogP contribution in [0.25, 0.3) is 10.6 Å². The summed E-state index contributed by atoms with van der Waals surface area (Å²) in [6.45, 7) is 3.78. The molecule has 0 amide bonds. The number of thiophene rings is 1. The van der Waals surface area contributed by atoms with Crippen LogP contribution in [-0.4, -0.2) is 11.7 Å². The minimum Gasteiger partial charge on any atom is -0.355 e. The molecule has 0 aliphatic carbocycles. The highest BCUT2D eigenvalue weighted by atomic mass is 32.1. The molecule has 0 unspecified atom stereocenters. The first kappa shape index (κ1) is 9.43. The average molecular weight is 208 g/mol. The number of nitrogens with one attached hydrogen (secondary N) is 1. The minimum absolute atomic E-state index is 0.769. The van der Waals surface area contributed by atoms with Gasteiger partial charge in [0, 0.05) is 12.6 Å². The standard InChI is InChI=1S/C10H12N2OS/c1-2-11-7-8-6-9(13-12-8)10-4-3-5-14-10/h3-6,11H,2,7H2,1H3. The van der Waals surface area contributed by atoms with Crippen molar-refractivity contribution in [1.29, 1.82) is 0 Å². The molecule has 1 N–H and O–H groups in total. The van der Waals surface area contributed by atoms with Crippen molar-refractivity contribution < 1.29 is 4.52 Å². The van der Waals surface area contributed by atoms with Crippen LogP contribution >= 0.6 is 11.3 Å². The van der Waals surface area contributed by atoms with Crippen molar-refractivity contribution in [3.63, 3.8) is 0 Å². The summed E-state index contributed by atoms with van der Waals surface area (Å²) in [5.74, 6) is 0.855. The van der Waals surface area contributed by atoms with Gasteiger partial charge < -0.3 is 9.84 Å². The van der Waals surface area contributed by atoms with E-state index in [1.165, 1.54) is 0 Å². The summed E-state index contributed by atoms with van der Waals surface area (Å²) in [4.78, 5) is 1.13. The van der Waals surface area contributed by atoms with E-state index in [1.807, 2.05) is 23.6 Å². The predicted octanol–water partition coefficient (Wildman–Crippen LogP) is 2.51. The molecule has 3 nitrogen and oxygen atoms in total. The van der Waals surface area contributed by atoms with E-state index in [0.29, 0.717) is 0 Å². The summed E-state index contributed by atoms with van der Waals surface area (Å²) in [5, 5.41) is 9.21. The zero-order valence-corrected chi connectivity index (χ0v) is 8.80. The lowest BCUT2D eigenvalue weighted by atomic mass is 10.3. The molecular formula is C10H12N2OS. The minimum atomic E-state index is 0.769. The maximum Gasteiger partial charge on any atom is 0.177 e. The lowest BCUT2D eigenvalue weighted by molar-refractivity contribution is 0.421. The third kappa shape index (κ3) is 2.02. The van der Waals surface area contributed by atoms with E-state index in [1.54, 1.807) is 11.3 Å². The van der Waals surface area contributed by atoms with Crippen molar-refractivity contribution >= 4 is 11.3 Å². The third-order valence-corrected chi connectivity index (χ3v) is 2.76.